The fourth-order valence-electron chi connectivity index (χ4n) is 4.42. The quantitative estimate of drug-likeness (QED) is 0.380. The molecule has 1 aliphatic heterocycles. The molecule has 1 amide bonds. The summed E-state index contributed by atoms with van der Waals surface area (Å²) in [5.41, 5.74) is 3.11. The molecule has 1 aromatic heterocycles. The van der Waals surface area contributed by atoms with Crippen LogP contribution < -0.4 is 14.9 Å². The van der Waals surface area contributed by atoms with Crippen molar-refractivity contribution in [1.82, 2.24) is 4.90 Å². The number of carbonyl (C=O) groups excluding carboxylic acids is 1. The largest absolute Gasteiger partial charge is 0.493 e. The number of carbonyl (C=O) groups is 1. The van der Waals surface area contributed by atoms with E-state index in [9.17, 15) is 9.59 Å². The number of nitrogens with zero attached hydrogens (tertiary/aromatic N) is 1. The van der Waals surface area contributed by atoms with Crippen molar-refractivity contribution in [3.8, 4) is 11.5 Å². The average Bonchev–Trinajstić information content (AvgIpc) is 3.12. The number of aryl methyl sites for hydroxylation is 1. The second-order valence-corrected chi connectivity index (χ2v) is 8.69. The minimum atomic E-state index is -0.664. The lowest BCUT2D eigenvalue weighted by Gasteiger charge is -2.26. The first kappa shape index (κ1) is 22.0. The third kappa shape index (κ3) is 3.60. The van der Waals surface area contributed by atoms with Gasteiger partial charge in [-0.2, -0.15) is 0 Å². The Kier molecular flexibility index (Phi) is 5.54. The van der Waals surface area contributed by atoms with Gasteiger partial charge in [-0.05, 0) is 48.4 Å². The van der Waals surface area contributed by atoms with E-state index < -0.39 is 6.04 Å². The van der Waals surface area contributed by atoms with Crippen LogP contribution in [0, 0.1) is 6.92 Å². The number of hydrogen-bond donors (Lipinski definition) is 0. The maximum Gasteiger partial charge on any atom is 0.291 e. The molecule has 2 heterocycles. The molecular weight excluding hydrogens is 454 g/mol. The molecule has 3 aromatic carbocycles. The molecule has 0 aliphatic carbocycles. The zero-order valence-corrected chi connectivity index (χ0v) is 19.7. The summed E-state index contributed by atoms with van der Waals surface area (Å²) >= 11 is 6.16. The van der Waals surface area contributed by atoms with Gasteiger partial charge < -0.3 is 18.8 Å². The molecule has 34 heavy (non-hydrogen) atoms. The minimum absolute atomic E-state index is 0.0479. The van der Waals surface area contributed by atoms with E-state index in [0.717, 1.165) is 11.1 Å². The molecule has 0 unspecified atom stereocenters. The molecule has 1 atom stereocenters. The monoisotopic (exact) mass is 475 g/mol. The Hall–Kier alpha value is -3.77. The molecule has 1 aliphatic rings. The third-order valence-corrected chi connectivity index (χ3v) is 6.36. The van der Waals surface area contributed by atoms with Crippen LogP contribution in [0.3, 0.4) is 0 Å². The van der Waals surface area contributed by atoms with Gasteiger partial charge in [0.1, 0.15) is 5.58 Å². The van der Waals surface area contributed by atoms with Crippen molar-refractivity contribution in [3.63, 3.8) is 0 Å². The van der Waals surface area contributed by atoms with Gasteiger partial charge in [0.2, 0.25) is 5.76 Å². The predicted octanol–water partition coefficient (Wildman–Crippen LogP) is 5.52. The van der Waals surface area contributed by atoms with E-state index >= 15 is 0 Å². The Bertz CT molecular complexity index is 1480. The summed E-state index contributed by atoms with van der Waals surface area (Å²) in [6.07, 6.45) is 0. The summed E-state index contributed by atoms with van der Waals surface area (Å²) in [7, 11) is 3.10. The summed E-state index contributed by atoms with van der Waals surface area (Å²) in [5, 5.41) is 0.755. The summed E-state index contributed by atoms with van der Waals surface area (Å²) in [6.45, 7) is 2.31. The Morgan fingerprint density at radius 2 is 1.68 bits per heavy atom. The van der Waals surface area contributed by atoms with Crippen LogP contribution in [-0.4, -0.2) is 25.0 Å². The van der Waals surface area contributed by atoms with E-state index in [1.54, 1.807) is 49.5 Å². The molecule has 4 aromatic rings. The minimum Gasteiger partial charge on any atom is -0.493 e. The van der Waals surface area contributed by atoms with E-state index in [1.165, 1.54) is 0 Å². The lowest BCUT2D eigenvalue weighted by molar-refractivity contribution is 0.0714. The molecule has 7 heteroatoms. The predicted molar refractivity (Wildman–Crippen MR) is 130 cm³/mol. The summed E-state index contributed by atoms with van der Waals surface area (Å²) in [4.78, 5) is 28.9. The Morgan fingerprint density at radius 3 is 2.38 bits per heavy atom. The van der Waals surface area contributed by atoms with Crippen molar-refractivity contribution in [2.45, 2.75) is 19.5 Å². The lowest BCUT2D eigenvalue weighted by atomic mass is 9.97. The molecular formula is C27H22ClNO5. The van der Waals surface area contributed by atoms with Crippen molar-refractivity contribution in [3.05, 3.63) is 104 Å². The van der Waals surface area contributed by atoms with Crippen molar-refractivity contribution in [2.24, 2.45) is 0 Å². The molecule has 0 N–H and O–H groups in total. The van der Waals surface area contributed by atoms with Crippen LogP contribution in [0.15, 0.2) is 69.9 Å². The van der Waals surface area contributed by atoms with Gasteiger partial charge in [-0.25, -0.2) is 0 Å². The van der Waals surface area contributed by atoms with Crippen LogP contribution in [0.25, 0.3) is 11.0 Å². The van der Waals surface area contributed by atoms with Crippen molar-refractivity contribution < 1.29 is 18.7 Å². The van der Waals surface area contributed by atoms with Crippen molar-refractivity contribution in [1.29, 1.82) is 0 Å². The summed E-state index contributed by atoms with van der Waals surface area (Å²) in [6, 6.07) is 17.5. The summed E-state index contributed by atoms with van der Waals surface area (Å²) < 4.78 is 16.8. The molecule has 0 fully saturated rings. The van der Waals surface area contributed by atoms with Crippen molar-refractivity contribution in [2.75, 3.05) is 14.2 Å². The lowest BCUT2D eigenvalue weighted by Crippen LogP contribution is -2.29. The second-order valence-electron chi connectivity index (χ2n) is 8.25. The Labute approximate surface area is 201 Å². The van der Waals surface area contributed by atoms with Gasteiger partial charge in [0.05, 0.1) is 31.2 Å². The molecule has 5 rings (SSSR count). The maximum atomic E-state index is 13.7. The van der Waals surface area contributed by atoms with Crippen LogP contribution >= 0.6 is 11.6 Å². The smallest absolute Gasteiger partial charge is 0.291 e. The number of rotatable bonds is 5. The maximum absolute atomic E-state index is 13.7. The number of halogens is 1. The fraction of sp³-hybridized carbons (Fsp3) is 0.185. The first-order valence-electron chi connectivity index (χ1n) is 10.8. The average molecular weight is 476 g/mol. The molecule has 0 spiro atoms. The second kappa shape index (κ2) is 8.54. The molecule has 0 radical (unpaired) electrons. The first-order chi connectivity index (χ1) is 16.4. The highest BCUT2D eigenvalue weighted by Gasteiger charge is 2.43. The van der Waals surface area contributed by atoms with E-state index in [1.807, 2.05) is 37.3 Å². The number of amides is 1. The summed E-state index contributed by atoms with van der Waals surface area (Å²) in [5.74, 6) is 0.763. The number of ether oxygens (including phenoxy) is 2. The Morgan fingerprint density at radius 1 is 0.941 bits per heavy atom. The van der Waals surface area contributed by atoms with E-state index in [-0.39, 0.29) is 17.1 Å². The first-order valence-corrected chi connectivity index (χ1v) is 11.1. The fourth-order valence-corrected chi connectivity index (χ4v) is 4.59. The number of methoxy groups -OCH3 is 2. The van der Waals surface area contributed by atoms with E-state index in [0.29, 0.717) is 45.2 Å². The van der Waals surface area contributed by atoms with Crippen LogP contribution in [-0.2, 0) is 6.54 Å². The number of benzene rings is 3. The normalized spacial score (nSPS) is 15.0. The Balaban J connectivity index is 1.73. The highest BCUT2D eigenvalue weighted by molar-refractivity contribution is 6.31. The van der Waals surface area contributed by atoms with Crippen LogP contribution in [0.4, 0.5) is 0 Å². The highest BCUT2D eigenvalue weighted by Crippen LogP contribution is 2.41. The van der Waals surface area contributed by atoms with Crippen LogP contribution in [0.2, 0.25) is 5.02 Å². The van der Waals surface area contributed by atoms with Crippen LogP contribution in [0.1, 0.15) is 38.9 Å². The van der Waals surface area contributed by atoms with Crippen LogP contribution in [0.5, 0.6) is 11.5 Å². The molecule has 6 nitrogen and oxygen atoms in total. The van der Waals surface area contributed by atoms with Crippen molar-refractivity contribution >= 4 is 28.5 Å². The van der Waals surface area contributed by atoms with Gasteiger partial charge in [-0.3, -0.25) is 9.59 Å². The molecule has 172 valence electrons. The van der Waals surface area contributed by atoms with Gasteiger partial charge >= 0.3 is 0 Å². The topological polar surface area (TPSA) is 69.0 Å². The van der Waals surface area contributed by atoms with Gasteiger partial charge in [-0.15, -0.1) is 0 Å². The molecule has 0 bridgehead atoms. The SMILES string of the molecule is COc1ccc([C@H]2c3c(oc4ccc(Cl)cc4c3=O)C(=O)N2Cc2ccc(C)cc2)cc1OC. The standard InChI is InChI=1S/C27H22ClNO5/c1-15-4-6-16(7-5-15)14-29-24(17-8-10-21(32-2)22(12-17)33-3)23-25(30)19-13-18(28)9-11-20(19)34-26(23)27(29)31/h4-13,24H,14H2,1-3H3/t24-/m0/s1. The van der Waals surface area contributed by atoms with E-state index in [4.69, 9.17) is 25.5 Å². The molecule has 0 saturated heterocycles. The van der Waals surface area contributed by atoms with Gasteiger partial charge in [0.15, 0.2) is 16.9 Å². The molecule has 0 saturated carbocycles. The number of hydrogen-bond acceptors (Lipinski definition) is 5. The van der Waals surface area contributed by atoms with E-state index in [2.05, 4.69) is 0 Å². The zero-order chi connectivity index (χ0) is 24.0. The van der Waals surface area contributed by atoms with Gasteiger partial charge in [0.25, 0.3) is 5.91 Å². The third-order valence-electron chi connectivity index (χ3n) is 6.12. The zero-order valence-electron chi connectivity index (χ0n) is 18.9. The number of fused-ring (bicyclic) bond motifs is 2. The highest BCUT2D eigenvalue weighted by atomic mass is 35.5. The van der Waals surface area contributed by atoms with Gasteiger partial charge in [-0.1, -0.05) is 47.5 Å². The van der Waals surface area contributed by atoms with Gasteiger partial charge in [0, 0.05) is 11.6 Å².